The average Bonchev–Trinajstić information content (AvgIpc) is 3.50. The molecule has 2 unspecified atom stereocenters. The van der Waals surface area contributed by atoms with E-state index in [2.05, 4.69) is 20.8 Å². The van der Waals surface area contributed by atoms with Crippen LogP contribution in [0.15, 0.2) is 0 Å². The predicted octanol–water partition coefficient (Wildman–Crippen LogP) is 11.8. The molecule has 0 aromatic rings. The molecule has 1 aliphatic heterocycles. The van der Waals surface area contributed by atoms with Crippen molar-refractivity contribution in [2.75, 3.05) is 40.0 Å². The van der Waals surface area contributed by atoms with Gasteiger partial charge in [0.2, 0.25) is 5.60 Å². The number of carbonyl (C=O) groups excluding carboxylic acids is 3. The molecular weight excluding hydrogens is 695 g/mol. The summed E-state index contributed by atoms with van der Waals surface area (Å²) in [7, 11) is 1.87. The van der Waals surface area contributed by atoms with Crippen molar-refractivity contribution in [3.63, 3.8) is 0 Å². The Bertz CT molecular complexity index is 914. The Kier molecular flexibility index (Phi) is 33.1. The molecule has 0 aromatic heterocycles. The van der Waals surface area contributed by atoms with Crippen molar-refractivity contribution in [2.24, 2.45) is 0 Å². The summed E-state index contributed by atoms with van der Waals surface area (Å²) in [5, 5.41) is 0. The number of carbonyl (C=O) groups is 3. The Morgan fingerprint density at radius 3 is 1.47 bits per heavy atom. The summed E-state index contributed by atoms with van der Waals surface area (Å²) in [4.78, 5) is 41.9. The summed E-state index contributed by atoms with van der Waals surface area (Å²) in [6.07, 6.45) is 31.4. The van der Waals surface area contributed by atoms with Gasteiger partial charge in [-0.1, -0.05) is 169 Å². The third kappa shape index (κ3) is 25.3. The Labute approximate surface area is 338 Å². The minimum atomic E-state index is -1.54. The van der Waals surface area contributed by atoms with Gasteiger partial charge >= 0.3 is 17.9 Å². The van der Waals surface area contributed by atoms with Crippen molar-refractivity contribution in [2.45, 2.75) is 238 Å². The smallest absolute Gasteiger partial charge is 0.352 e. The lowest BCUT2D eigenvalue weighted by Crippen LogP contribution is -2.55. The lowest BCUT2D eigenvalue weighted by atomic mass is 9.94. The predicted molar refractivity (Wildman–Crippen MR) is 224 cm³/mol. The zero-order valence-corrected chi connectivity index (χ0v) is 36.6. The highest BCUT2D eigenvalue weighted by atomic mass is 16.7. The number of rotatable bonds is 39. The van der Waals surface area contributed by atoms with Gasteiger partial charge in [0.15, 0.2) is 6.29 Å². The van der Waals surface area contributed by atoms with Crippen LogP contribution in [0.1, 0.15) is 220 Å². The quantitative estimate of drug-likeness (QED) is 0.0261. The van der Waals surface area contributed by atoms with Crippen molar-refractivity contribution in [1.82, 2.24) is 4.90 Å². The van der Waals surface area contributed by atoms with Crippen molar-refractivity contribution in [3.8, 4) is 0 Å². The molecule has 1 saturated heterocycles. The number of nitrogens with zero attached hydrogens (tertiary/aromatic N) is 1. The molecule has 0 saturated carbocycles. The molecule has 1 heterocycles. The second-order valence-electron chi connectivity index (χ2n) is 16.2. The van der Waals surface area contributed by atoms with Gasteiger partial charge in [0.05, 0.1) is 19.1 Å². The minimum absolute atomic E-state index is 0.0341. The molecule has 1 rings (SSSR count). The SMILES string of the molecule is CCCCCCCCCCCCCCCC(=O)OCC1N(C)CCC1(OC(=O)CCC(OCCCCCCCC)OCCCCCCCC)C(=O)OCCC. The molecule has 1 fully saturated rings. The van der Waals surface area contributed by atoms with Crippen molar-refractivity contribution >= 4 is 17.9 Å². The lowest BCUT2D eigenvalue weighted by molar-refractivity contribution is -0.191. The second kappa shape index (κ2) is 35.5. The largest absolute Gasteiger partial charge is 0.464 e. The molecule has 0 amide bonds. The van der Waals surface area contributed by atoms with Gasteiger partial charge in [0.25, 0.3) is 0 Å². The van der Waals surface area contributed by atoms with E-state index < -0.39 is 29.9 Å². The van der Waals surface area contributed by atoms with E-state index in [0.29, 0.717) is 39.0 Å². The molecule has 55 heavy (non-hydrogen) atoms. The van der Waals surface area contributed by atoms with E-state index in [0.717, 1.165) is 44.9 Å². The number of hydrogen-bond donors (Lipinski definition) is 0. The molecular formula is C46H87NO8. The zero-order valence-electron chi connectivity index (χ0n) is 36.6. The number of likely N-dealkylation sites (tertiary alicyclic amines) is 1. The highest BCUT2D eigenvalue weighted by molar-refractivity contribution is 5.85. The van der Waals surface area contributed by atoms with Gasteiger partial charge in [0, 0.05) is 39.0 Å². The maximum absolute atomic E-state index is 13.6. The fraction of sp³-hybridized carbons (Fsp3) is 0.935. The van der Waals surface area contributed by atoms with E-state index in [1.54, 1.807) is 0 Å². The van der Waals surface area contributed by atoms with Crippen molar-refractivity contribution in [1.29, 1.82) is 0 Å². The summed E-state index contributed by atoms with van der Waals surface area (Å²) in [6.45, 7) is 10.5. The second-order valence-corrected chi connectivity index (χ2v) is 16.2. The molecule has 324 valence electrons. The first-order chi connectivity index (χ1) is 26.8. The van der Waals surface area contributed by atoms with Gasteiger partial charge < -0.3 is 23.7 Å². The standard InChI is InChI=1S/C46H87NO8/c1-6-10-13-16-19-20-21-22-23-24-25-26-29-32-42(48)54-40-41-46(35-36-47(41)5,45(50)53-37-9-4)55-43(49)33-34-44(51-38-30-27-17-14-11-7-2)52-39-31-28-18-15-12-8-3/h41,44H,6-40H2,1-5H3. The molecule has 0 radical (unpaired) electrons. The molecule has 2 atom stereocenters. The van der Waals surface area contributed by atoms with E-state index >= 15 is 0 Å². The Hall–Kier alpha value is -1.71. The van der Waals surface area contributed by atoms with Crippen LogP contribution in [0, 0.1) is 0 Å². The van der Waals surface area contributed by atoms with E-state index in [9.17, 15) is 14.4 Å². The van der Waals surface area contributed by atoms with Gasteiger partial charge in [-0.15, -0.1) is 0 Å². The third-order valence-electron chi connectivity index (χ3n) is 11.1. The summed E-state index contributed by atoms with van der Waals surface area (Å²) in [5.74, 6) is -1.35. The fourth-order valence-corrected chi connectivity index (χ4v) is 7.43. The van der Waals surface area contributed by atoms with Crippen LogP contribution in [0.2, 0.25) is 0 Å². The normalized spacial score (nSPS) is 17.2. The summed E-state index contributed by atoms with van der Waals surface area (Å²) in [6, 6.07) is -0.625. The van der Waals surface area contributed by atoms with E-state index in [4.69, 9.17) is 23.7 Å². The van der Waals surface area contributed by atoms with E-state index in [1.165, 1.54) is 116 Å². The molecule has 0 aromatic carbocycles. The van der Waals surface area contributed by atoms with Crippen LogP contribution >= 0.6 is 0 Å². The van der Waals surface area contributed by atoms with Crippen LogP contribution < -0.4 is 0 Å². The van der Waals surface area contributed by atoms with Crippen LogP contribution in [0.4, 0.5) is 0 Å². The van der Waals surface area contributed by atoms with Gasteiger partial charge in [-0.2, -0.15) is 0 Å². The number of unbranched alkanes of at least 4 members (excludes halogenated alkanes) is 22. The Morgan fingerprint density at radius 2 is 1.00 bits per heavy atom. The summed E-state index contributed by atoms with van der Waals surface area (Å²) in [5.41, 5.74) is -1.54. The summed E-state index contributed by atoms with van der Waals surface area (Å²) < 4.78 is 29.8. The first-order valence-corrected chi connectivity index (χ1v) is 23.3. The van der Waals surface area contributed by atoms with Crippen LogP contribution in [-0.4, -0.2) is 80.8 Å². The number of esters is 3. The number of hydrogen-bond acceptors (Lipinski definition) is 9. The number of ether oxygens (including phenoxy) is 5. The third-order valence-corrected chi connectivity index (χ3v) is 11.1. The Balaban J connectivity index is 2.64. The molecule has 1 aliphatic rings. The van der Waals surface area contributed by atoms with Crippen LogP contribution in [0.5, 0.6) is 0 Å². The van der Waals surface area contributed by atoms with E-state index in [-0.39, 0.29) is 32.0 Å². The molecule has 0 spiro atoms. The first kappa shape index (κ1) is 51.3. The maximum atomic E-state index is 13.6. The lowest BCUT2D eigenvalue weighted by Gasteiger charge is -2.34. The van der Waals surface area contributed by atoms with Gasteiger partial charge in [-0.05, 0) is 32.7 Å². The average molecular weight is 782 g/mol. The number of likely N-dealkylation sites (N-methyl/N-ethyl adjacent to an activating group) is 1. The van der Waals surface area contributed by atoms with Crippen LogP contribution in [0.3, 0.4) is 0 Å². The first-order valence-electron chi connectivity index (χ1n) is 23.3. The topological polar surface area (TPSA) is 101 Å². The molecule has 0 aliphatic carbocycles. The van der Waals surface area contributed by atoms with Gasteiger partial charge in [-0.25, -0.2) is 4.79 Å². The van der Waals surface area contributed by atoms with Gasteiger partial charge in [0.1, 0.15) is 6.61 Å². The van der Waals surface area contributed by atoms with Crippen molar-refractivity contribution < 1.29 is 38.1 Å². The molecule has 9 nitrogen and oxygen atoms in total. The van der Waals surface area contributed by atoms with Crippen LogP contribution in [-0.2, 0) is 38.1 Å². The highest BCUT2D eigenvalue weighted by Crippen LogP contribution is 2.34. The molecule has 9 heteroatoms. The van der Waals surface area contributed by atoms with Gasteiger partial charge in [-0.3, -0.25) is 14.5 Å². The molecule has 0 bridgehead atoms. The van der Waals surface area contributed by atoms with Crippen molar-refractivity contribution in [3.05, 3.63) is 0 Å². The Morgan fingerprint density at radius 1 is 0.545 bits per heavy atom. The van der Waals surface area contributed by atoms with Crippen LogP contribution in [0.25, 0.3) is 0 Å². The molecule has 0 N–H and O–H groups in total. The summed E-state index contributed by atoms with van der Waals surface area (Å²) >= 11 is 0. The highest BCUT2D eigenvalue weighted by Gasteiger charge is 2.57. The maximum Gasteiger partial charge on any atom is 0.352 e. The zero-order chi connectivity index (χ0) is 40.2. The fourth-order valence-electron chi connectivity index (χ4n) is 7.43. The minimum Gasteiger partial charge on any atom is -0.464 e. The van der Waals surface area contributed by atoms with E-state index in [1.807, 2.05) is 18.9 Å². The monoisotopic (exact) mass is 782 g/mol.